The third-order valence-corrected chi connectivity index (χ3v) is 4.93. The number of fused-ring (bicyclic) bond motifs is 1. The fraction of sp³-hybridized carbons (Fsp3) is 0.368. The molecular formula is C19H25ClN4. The topological polar surface area (TPSA) is 51.9 Å². The van der Waals surface area contributed by atoms with Gasteiger partial charge in [-0.05, 0) is 44.2 Å². The lowest BCUT2D eigenvalue weighted by molar-refractivity contribution is 0.360. The zero-order valence-electron chi connectivity index (χ0n) is 14.1. The van der Waals surface area contributed by atoms with Gasteiger partial charge in [0, 0.05) is 23.7 Å². The van der Waals surface area contributed by atoms with Gasteiger partial charge in [0.15, 0.2) is 0 Å². The Balaban J connectivity index is 1.56. The van der Waals surface area contributed by atoms with Crippen molar-refractivity contribution in [3.63, 3.8) is 0 Å². The molecule has 4 N–H and O–H groups in total. The lowest BCUT2D eigenvalue weighted by Crippen LogP contribution is -2.40. The third kappa shape index (κ3) is 3.77. The van der Waals surface area contributed by atoms with Crippen molar-refractivity contribution < 1.29 is 0 Å². The van der Waals surface area contributed by atoms with E-state index in [1.54, 1.807) is 0 Å². The van der Waals surface area contributed by atoms with E-state index in [9.17, 15) is 0 Å². The van der Waals surface area contributed by atoms with Crippen molar-refractivity contribution in [1.82, 2.24) is 21.2 Å². The molecule has 4 nitrogen and oxygen atoms in total. The Morgan fingerprint density at radius 1 is 1.46 bits per heavy atom. The Morgan fingerprint density at radius 3 is 3.04 bits per heavy atom. The Labute approximate surface area is 148 Å². The summed E-state index contributed by atoms with van der Waals surface area (Å²) in [6.45, 7) is 11.5. The highest BCUT2D eigenvalue weighted by Crippen LogP contribution is 2.25. The summed E-state index contributed by atoms with van der Waals surface area (Å²) in [6, 6.07) is 8.23. The number of piperidine rings is 1. The highest BCUT2D eigenvalue weighted by Gasteiger charge is 2.19. The Morgan fingerprint density at radius 2 is 2.29 bits per heavy atom. The largest absolute Gasteiger partial charge is 0.389 e. The molecule has 1 aliphatic rings. The number of aromatic nitrogens is 1. The average Bonchev–Trinajstić information content (AvgIpc) is 3.00. The second kappa shape index (κ2) is 7.32. The summed E-state index contributed by atoms with van der Waals surface area (Å²) in [4.78, 5) is 3.32. The highest BCUT2D eigenvalue weighted by atomic mass is 35.5. The number of hydrazine groups is 1. The molecule has 0 radical (unpaired) electrons. The molecule has 128 valence electrons. The van der Waals surface area contributed by atoms with Gasteiger partial charge in [-0.1, -0.05) is 36.9 Å². The van der Waals surface area contributed by atoms with Crippen LogP contribution in [0.4, 0.5) is 0 Å². The van der Waals surface area contributed by atoms with Crippen molar-refractivity contribution in [1.29, 1.82) is 0 Å². The van der Waals surface area contributed by atoms with Gasteiger partial charge in [-0.2, -0.15) is 0 Å². The summed E-state index contributed by atoms with van der Waals surface area (Å²) < 4.78 is 0. The second-order valence-corrected chi connectivity index (χ2v) is 6.97. The predicted molar refractivity (Wildman–Crippen MR) is 103 cm³/mol. The lowest BCUT2D eigenvalue weighted by Gasteiger charge is -2.29. The Kier molecular flexibility index (Phi) is 5.17. The minimum Gasteiger partial charge on any atom is -0.389 e. The van der Waals surface area contributed by atoms with E-state index >= 15 is 0 Å². The SMILES string of the molecule is C=C(NNC(C)CC1CCCNC1=C)c1cc2cccc(Cl)c2[nH]1. The first-order valence-electron chi connectivity index (χ1n) is 8.45. The van der Waals surface area contributed by atoms with Gasteiger partial charge in [0.2, 0.25) is 0 Å². The molecule has 0 spiro atoms. The summed E-state index contributed by atoms with van der Waals surface area (Å²) in [6.07, 6.45) is 3.47. The van der Waals surface area contributed by atoms with Crippen molar-refractivity contribution >= 4 is 28.2 Å². The molecule has 0 saturated carbocycles. The van der Waals surface area contributed by atoms with Gasteiger partial charge in [0.25, 0.3) is 0 Å². The molecule has 2 heterocycles. The fourth-order valence-corrected chi connectivity index (χ4v) is 3.45. The van der Waals surface area contributed by atoms with E-state index in [0.29, 0.717) is 12.0 Å². The monoisotopic (exact) mass is 344 g/mol. The summed E-state index contributed by atoms with van der Waals surface area (Å²) in [5.41, 5.74) is 10.4. The number of aromatic amines is 1. The standard InChI is InChI=1S/C19H25ClN4/c1-12(10-15-7-5-9-21-13(15)2)23-24-14(3)18-11-16-6-4-8-17(20)19(16)22-18/h4,6,8,11-12,15,21-24H,2-3,5,7,9-10H2,1H3. The van der Waals surface area contributed by atoms with E-state index in [0.717, 1.165) is 40.3 Å². The van der Waals surface area contributed by atoms with E-state index in [2.05, 4.69) is 47.3 Å². The normalized spacial score (nSPS) is 19.1. The lowest BCUT2D eigenvalue weighted by atomic mass is 9.90. The van der Waals surface area contributed by atoms with E-state index < -0.39 is 0 Å². The van der Waals surface area contributed by atoms with Crippen molar-refractivity contribution in [2.75, 3.05) is 6.54 Å². The summed E-state index contributed by atoms with van der Waals surface area (Å²) in [7, 11) is 0. The molecule has 1 aromatic carbocycles. The first kappa shape index (κ1) is 16.9. The van der Waals surface area contributed by atoms with Crippen LogP contribution in [-0.4, -0.2) is 17.6 Å². The van der Waals surface area contributed by atoms with Crippen LogP contribution in [0, 0.1) is 5.92 Å². The second-order valence-electron chi connectivity index (χ2n) is 6.56. The van der Waals surface area contributed by atoms with Crippen LogP contribution in [0.15, 0.2) is 43.1 Å². The maximum Gasteiger partial charge on any atom is 0.0651 e. The maximum atomic E-state index is 6.21. The van der Waals surface area contributed by atoms with Crippen molar-refractivity contribution in [2.45, 2.75) is 32.2 Å². The molecule has 24 heavy (non-hydrogen) atoms. The van der Waals surface area contributed by atoms with Crippen LogP contribution in [0.1, 0.15) is 31.9 Å². The number of nitrogens with one attached hydrogen (secondary N) is 4. The van der Waals surface area contributed by atoms with Crippen LogP contribution in [0.5, 0.6) is 0 Å². The number of para-hydroxylation sites is 1. The van der Waals surface area contributed by atoms with Crippen LogP contribution in [0.2, 0.25) is 5.02 Å². The molecule has 2 unspecified atom stereocenters. The quantitative estimate of drug-likeness (QED) is 0.595. The summed E-state index contributed by atoms with van der Waals surface area (Å²) in [5, 5.41) is 5.17. The molecule has 0 amide bonds. The van der Waals surface area contributed by atoms with Crippen LogP contribution in [0.3, 0.4) is 0 Å². The van der Waals surface area contributed by atoms with Crippen molar-refractivity contribution in [3.05, 3.63) is 53.8 Å². The van der Waals surface area contributed by atoms with E-state index in [-0.39, 0.29) is 0 Å². The van der Waals surface area contributed by atoms with Gasteiger partial charge < -0.3 is 15.7 Å². The molecule has 1 aromatic heterocycles. The maximum absolute atomic E-state index is 6.21. The number of H-pyrrole nitrogens is 1. The minimum absolute atomic E-state index is 0.316. The van der Waals surface area contributed by atoms with E-state index in [1.807, 2.05) is 18.2 Å². The molecule has 1 saturated heterocycles. The first-order valence-corrected chi connectivity index (χ1v) is 8.83. The smallest absolute Gasteiger partial charge is 0.0651 e. The number of halogens is 1. The predicted octanol–water partition coefficient (Wildman–Crippen LogP) is 4.18. The number of allylic oxidation sites excluding steroid dienone is 1. The van der Waals surface area contributed by atoms with E-state index in [1.165, 1.54) is 18.5 Å². The van der Waals surface area contributed by atoms with Crippen molar-refractivity contribution in [3.8, 4) is 0 Å². The first-order chi connectivity index (χ1) is 11.5. The highest BCUT2D eigenvalue weighted by molar-refractivity contribution is 6.35. The van der Waals surface area contributed by atoms with Gasteiger partial charge >= 0.3 is 0 Å². The van der Waals surface area contributed by atoms with Gasteiger partial charge in [0.1, 0.15) is 0 Å². The van der Waals surface area contributed by atoms with Crippen LogP contribution < -0.4 is 16.2 Å². The van der Waals surface area contributed by atoms with Gasteiger partial charge in [-0.3, -0.25) is 0 Å². The summed E-state index contributed by atoms with van der Waals surface area (Å²) >= 11 is 6.21. The number of hydrogen-bond donors (Lipinski definition) is 4. The zero-order chi connectivity index (χ0) is 17.1. The van der Waals surface area contributed by atoms with Crippen LogP contribution in [-0.2, 0) is 0 Å². The van der Waals surface area contributed by atoms with Gasteiger partial charge in [-0.25, -0.2) is 5.43 Å². The molecule has 0 bridgehead atoms. The van der Waals surface area contributed by atoms with Gasteiger partial charge in [-0.15, -0.1) is 0 Å². The number of benzene rings is 1. The molecule has 0 aliphatic carbocycles. The fourth-order valence-electron chi connectivity index (χ4n) is 3.22. The molecule has 5 heteroatoms. The van der Waals surface area contributed by atoms with Crippen molar-refractivity contribution in [2.24, 2.45) is 5.92 Å². The summed E-state index contributed by atoms with van der Waals surface area (Å²) in [5.74, 6) is 0.531. The molecule has 1 fully saturated rings. The number of rotatable bonds is 6. The van der Waals surface area contributed by atoms with Gasteiger partial charge in [0.05, 0.1) is 21.9 Å². The molecule has 2 atom stereocenters. The molecule has 3 rings (SSSR count). The average molecular weight is 345 g/mol. The Hall–Kier alpha value is -1.91. The Bertz CT molecular complexity index is 749. The molecule has 1 aliphatic heterocycles. The zero-order valence-corrected chi connectivity index (χ0v) is 14.8. The molecular weight excluding hydrogens is 320 g/mol. The van der Waals surface area contributed by atoms with E-state index in [4.69, 9.17) is 11.6 Å². The van der Waals surface area contributed by atoms with Crippen LogP contribution >= 0.6 is 11.6 Å². The molecule has 2 aromatic rings. The van der Waals surface area contributed by atoms with Crippen LogP contribution in [0.25, 0.3) is 16.6 Å². The third-order valence-electron chi connectivity index (χ3n) is 4.61. The number of hydrogen-bond acceptors (Lipinski definition) is 3. The minimum atomic E-state index is 0.316.